The summed E-state index contributed by atoms with van der Waals surface area (Å²) in [5, 5.41) is 7.62. The van der Waals surface area contributed by atoms with Crippen molar-refractivity contribution in [3.8, 4) is 0 Å². The van der Waals surface area contributed by atoms with E-state index in [-0.39, 0.29) is 11.9 Å². The van der Waals surface area contributed by atoms with E-state index in [1.54, 1.807) is 0 Å². The van der Waals surface area contributed by atoms with E-state index in [2.05, 4.69) is 40.0 Å². The van der Waals surface area contributed by atoms with Gasteiger partial charge in [-0.3, -0.25) is 4.79 Å². The van der Waals surface area contributed by atoms with Crippen LogP contribution in [-0.2, 0) is 11.2 Å². The highest BCUT2D eigenvalue weighted by molar-refractivity contribution is 5.91. The largest absolute Gasteiger partial charge is 0.361 e. The Morgan fingerprint density at radius 1 is 1.08 bits per heavy atom. The van der Waals surface area contributed by atoms with Gasteiger partial charge in [0.15, 0.2) is 0 Å². The van der Waals surface area contributed by atoms with Crippen molar-refractivity contribution in [3.63, 3.8) is 0 Å². The Morgan fingerprint density at radius 2 is 1.83 bits per heavy atom. The molecule has 0 saturated carbocycles. The number of hydrogen-bond acceptors (Lipinski definition) is 2. The molecule has 4 nitrogen and oxygen atoms in total. The average Bonchev–Trinajstić information content (AvgIpc) is 2.99. The molecule has 1 unspecified atom stereocenters. The van der Waals surface area contributed by atoms with Gasteiger partial charge in [0, 0.05) is 35.2 Å². The van der Waals surface area contributed by atoms with Crippen LogP contribution < -0.4 is 10.6 Å². The lowest BCUT2D eigenvalue weighted by molar-refractivity contribution is -0.116. The van der Waals surface area contributed by atoms with Crippen LogP contribution in [0.25, 0.3) is 10.9 Å². The topological polar surface area (TPSA) is 56.9 Å². The molecule has 0 aliphatic rings. The van der Waals surface area contributed by atoms with E-state index in [9.17, 15) is 4.79 Å². The molecule has 1 atom stereocenters. The number of nitrogens with one attached hydrogen (secondary N) is 3. The van der Waals surface area contributed by atoms with Gasteiger partial charge in [-0.2, -0.15) is 0 Å². The minimum absolute atomic E-state index is 0.0355. The van der Waals surface area contributed by atoms with Gasteiger partial charge >= 0.3 is 0 Å². The molecule has 0 saturated heterocycles. The molecule has 0 bridgehead atoms. The van der Waals surface area contributed by atoms with Gasteiger partial charge < -0.3 is 15.6 Å². The molecule has 0 spiro atoms. The predicted molar refractivity (Wildman–Crippen MR) is 99.2 cm³/mol. The fourth-order valence-electron chi connectivity index (χ4n) is 2.88. The van der Waals surface area contributed by atoms with Crippen molar-refractivity contribution in [1.82, 2.24) is 10.3 Å². The van der Waals surface area contributed by atoms with E-state index in [0.29, 0.717) is 6.42 Å². The summed E-state index contributed by atoms with van der Waals surface area (Å²) in [6, 6.07) is 18.0. The number of carbonyl (C=O) groups is 1. The molecule has 0 aliphatic carbocycles. The smallest absolute Gasteiger partial charge is 0.225 e. The monoisotopic (exact) mass is 321 g/mol. The first-order valence-electron chi connectivity index (χ1n) is 8.35. The first kappa shape index (κ1) is 16.3. The summed E-state index contributed by atoms with van der Waals surface area (Å²) in [5.74, 6) is 0.0355. The third kappa shape index (κ3) is 4.24. The Balaban J connectivity index is 1.44. The molecule has 124 valence electrons. The van der Waals surface area contributed by atoms with E-state index in [1.165, 1.54) is 16.5 Å². The zero-order chi connectivity index (χ0) is 16.8. The lowest BCUT2D eigenvalue weighted by atomic mass is 10.1. The third-order valence-electron chi connectivity index (χ3n) is 4.11. The maximum absolute atomic E-state index is 12.0. The number of carbonyl (C=O) groups excluding carboxylic acids is 1. The second-order valence-corrected chi connectivity index (χ2v) is 6.08. The second kappa shape index (κ2) is 7.79. The number of amides is 1. The highest BCUT2D eigenvalue weighted by atomic mass is 16.1. The fourth-order valence-corrected chi connectivity index (χ4v) is 2.88. The quantitative estimate of drug-likeness (QED) is 0.621. The first-order valence-corrected chi connectivity index (χ1v) is 8.35. The summed E-state index contributed by atoms with van der Waals surface area (Å²) in [5.41, 5.74) is 3.32. The normalized spacial score (nSPS) is 12.2. The maximum atomic E-state index is 12.0. The fraction of sp³-hybridized carbons (Fsp3) is 0.250. The number of rotatable bonds is 7. The Labute approximate surface area is 142 Å². The van der Waals surface area contributed by atoms with Gasteiger partial charge in [-0.05, 0) is 43.7 Å². The number of aromatic nitrogens is 1. The average molecular weight is 321 g/mol. The summed E-state index contributed by atoms with van der Waals surface area (Å²) in [6.07, 6.45) is 3.47. The zero-order valence-electron chi connectivity index (χ0n) is 13.9. The van der Waals surface area contributed by atoms with Crippen molar-refractivity contribution in [1.29, 1.82) is 0 Å². The van der Waals surface area contributed by atoms with Gasteiger partial charge in [0.05, 0.1) is 0 Å². The number of anilines is 1. The molecular weight excluding hydrogens is 298 g/mol. The molecule has 0 fully saturated rings. The molecule has 3 N–H and O–H groups in total. The first-order chi connectivity index (χ1) is 11.7. The lowest BCUT2D eigenvalue weighted by Crippen LogP contribution is -2.32. The van der Waals surface area contributed by atoms with Crippen LogP contribution in [0.3, 0.4) is 0 Å². The van der Waals surface area contributed by atoms with Crippen LogP contribution in [-0.4, -0.2) is 23.5 Å². The Hall–Kier alpha value is -2.59. The van der Waals surface area contributed by atoms with Gasteiger partial charge in [-0.15, -0.1) is 0 Å². The highest BCUT2D eigenvalue weighted by Gasteiger charge is 2.09. The SMILES string of the molecule is CC(CC(=O)Nc1ccccc1)NCCc1c[nH]c2ccccc12. The van der Waals surface area contributed by atoms with Crippen LogP contribution in [0.4, 0.5) is 5.69 Å². The minimum atomic E-state index is 0.0355. The van der Waals surface area contributed by atoms with Gasteiger partial charge in [0.1, 0.15) is 0 Å². The van der Waals surface area contributed by atoms with Crippen LogP contribution >= 0.6 is 0 Å². The molecule has 3 rings (SSSR count). The molecule has 1 heterocycles. The van der Waals surface area contributed by atoms with Crippen molar-refractivity contribution in [3.05, 3.63) is 66.4 Å². The molecule has 2 aromatic carbocycles. The molecule has 24 heavy (non-hydrogen) atoms. The third-order valence-corrected chi connectivity index (χ3v) is 4.11. The molecular formula is C20H23N3O. The van der Waals surface area contributed by atoms with Crippen molar-refractivity contribution in [2.45, 2.75) is 25.8 Å². The second-order valence-electron chi connectivity index (χ2n) is 6.08. The van der Waals surface area contributed by atoms with E-state index < -0.39 is 0 Å². The van der Waals surface area contributed by atoms with Crippen LogP contribution in [0.1, 0.15) is 18.9 Å². The molecule has 1 amide bonds. The van der Waals surface area contributed by atoms with Crippen molar-refractivity contribution >= 4 is 22.5 Å². The van der Waals surface area contributed by atoms with Gasteiger partial charge in [0.25, 0.3) is 0 Å². The van der Waals surface area contributed by atoms with Crippen LogP contribution in [0.2, 0.25) is 0 Å². The van der Waals surface area contributed by atoms with E-state index in [4.69, 9.17) is 0 Å². The summed E-state index contributed by atoms with van der Waals surface area (Å²) in [4.78, 5) is 15.3. The molecule has 0 radical (unpaired) electrons. The van der Waals surface area contributed by atoms with Crippen molar-refractivity contribution in [2.24, 2.45) is 0 Å². The summed E-state index contributed by atoms with van der Waals surface area (Å²) >= 11 is 0. The number of benzene rings is 2. The minimum Gasteiger partial charge on any atom is -0.361 e. The number of para-hydroxylation sites is 2. The van der Waals surface area contributed by atoms with Gasteiger partial charge in [-0.25, -0.2) is 0 Å². The standard InChI is InChI=1S/C20H23N3O/c1-15(13-20(24)23-17-7-3-2-4-8-17)21-12-11-16-14-22-19-10-6-5-9-18(16)19/h2-10,14-15,21-22H,11-13H2,1H3,(H,23,24). The highest BCUT2D eigenvalue weighted by Crippen LogP contribution is 2.17. The maximum Gasteiger partial charge on any atom is 0.225 e. The van der Waals surface area contributed by atoms with Crippen LogP contribution in [0.5, 0.6) is 0 Å². The van der Waals surface area contributed by atoms with Gasteiger partial charge in [-0.1, -0.05) is 36.4 Å². The van der Waals surface area contributed by atoms with E-state index in [0.717, 1.165) is 18.7 Å². The van der Waals surface area contributed by atoms with Gasteiger partial charge in [0.2, 0.25) is 5.91 Å². The Kier molecular flexibility index (Phi) is 5.29. The van der Waals surface area contributed by atoms with Crippen LogP contribution in [0.15, 0.2) is 60.8 Å². The summed E-state index contributed by atoms with van der Waals surface area (Å²) in [6.45, 7) is 2.89. The molecule has 0 aliphatic heterocycles. The van der Waals surface area contributed by atoms with Crippen molar-refractivity contribution < 1.29 is 4.79 Å². The Bertz CT molecular complexity index is 795. The lowest BCUT2D eigenvalue weighted by Gasteiger charge is -2.13. The summed E-state index contributed by atoms with van der Waals surface area (Å²) in [7, 11) is 0. The zero-order valence-corrected chi connectivity index (χ0v) is 13.9. The number of fused-ring (bicyclic) bond motifs is 1. The number of aromatic amines is 1. The Morgan fingerprint density at radius 3 is 2.67 bits per heavy atom. The predicted octanol–water partition coefficient (Wildman–Crippen LogP) is 3.72. The van der Waals surface area contributed by atoms with E-state index >= 15 is 0 Å². The molecule has 1 aromatic heterocycles. The summed E-state index contributed by atoms with van der Waals surface area (Å²) < 4.78 is 0. The number of H-pyrrole nitrogens is 1. The van der Waals surface area contributed by atoms with Crippen LogP contribution in [0, 0.1) is 0 Å². The van der Waals surface area contributed by atoms with Crippen molar-refractivity contribution in [2.75, 3.05) is 11.9 Å². The number of hydrogen-bond donors (Lipinski definition) is 3. The molecule has 3 aromatic rings. The molecule has 4 heteroatoms. The van der Waals surface area contributed by atoms with E-state index in [1.807, 2.05) is 43.3 Å².